The van der Waals surface area contributed by atoms with Crippen molar-refractivity contribution in [3.8, 4) is 22.9 Å². The maximum absolute atomic E-state index is 12.8. The topological polar surface area (TPSA) is 115 Å². The number of hydrogen-bond donors (Lipinski definition) is 3. The van der Waals surface area contributed by atoms with E-state index in [1.165, 1.54) is 13.2 Å². The molecule has 2 heterocycles. The molecule has 160 valence electrons. The minimum atomic E-state index is -0.394. The van der Waals surface area contributed by atoms with Gasteiger partial charge in [-0.05, 0) is 42.8 Å². The molecule has 0 aliphatic carbocycles. The fourth-order valence-corrected chi connectivity index (χ4v) is 3.88. The lowest BCUT2D eigenvalue weighted by Crippen LogP contribution is -2.11. The number of ether oxygens (including phenoxy) is 2. The van der Waals surface area contributed by atoms with Crippen molar-refractivity contribution in [1.29, 1.82) is 0 Å². The molecule has 0 fully saturated rings. The molecule has 0 aliphatic rings. The molecule has 0 atom stereocenters. The van der Waals surface area contributed by atoms with Crippen LogP contribution in [0.25, 0.3) is 27.5 Å². The third kappa shape index (κ3) is 3.09. The van der Waals surface area contributed by atoms with Gasteiger partial charge in [0, 0.05) is 12.1 Å². The summed E-state index contributed by atoms with van der Waals surface area (Å²) < 4.78 is 12.6. The summed E-state index contributed by atoms with van der Waals surface area (Å²) in [6, 6.07) is 18.0. The van der Waals surface area contributed by atoms with E-state index in [4.69, 9.17) is 15.2 Å². The van der Waals surface area contributed by atoms with Crippen LogP contribution in [-0.2, 0) is 0 Å². The molecule has 0 radical (unpaired) electrons. The van der Waals surface area contributed by atoms with Gasteiger partial charge >= 0.3 is 0 Å². The predicted molar refractivity (Wildman–Crippen MR) is 124 cm³/mol. The van der Waals surface area contributed by atoms with E-state index in [1.807, 2.05) is 55.5 Å². The molecule has 0 saturated heterocycles. The lowest BCUT2D eigenvalue weighted by molar-refractivity contribution is 0.415. The van der Waals surface area contributed by atoms with E-state index in [0.717, 1.165) is 17.0 Å². The highest BCUT2D eigenvalue weighted by molar-refractivity contribution is 6.07. The van der Waals surface area contributed by atoms with Gasteiger partial charge in [-0.25, -0.2) is 4.68 Å². The van der Waals surface area contributed by atoms with Gasteiger partial charge in [0.05, 0.1) is 29.2 Å². The van der Waals surface area contributed by atoms with E-state index >= 15 is 0 Å². The fourth-order valence-electron chi connectivity index (χ4n) is 3.88. The largest absolute Gasteiger partial charge is 0.497 e. The Morgan fingerprint density at radius 1 is 0.906 bits per heavy atom. The maximum Gasteiger partial charge on any atom is 0.261 e. The predicted octanol–water partition coefficient (Wildman–Crippen LogP) is 3.85. The first-order chi connectivity index (χ1) is 15.5. The van der Waals surface area contributed by atoms with Gasteiger partial charge < -0.3 is 20.2 Å². The lowest BCUT2D eigenvalue weighted by Gasteiger charge is -2.12. The molecule has 0 spiro atoms. The number of benzene rings is 3. The van der Waals surface area contributed by atoms with E-state index in [-0.39, 0.29) is 16.6 Å². The Labute approximate surface area is 181 Å². The summed E-state index contributed by atoms with van der Waals surface area (Å²) in [5, 5.41) is 3.71. The molecule has 0 bridgehead atoms. The van der Waals surface area contributed by atoms with Crippen molar-refractivity contribution in [2.24, 2.45) is 0 Å². The second-order valence-electron chi connectivity index (χ2n) is 7.45. The minimum absolute atomic E-state index is 0.207. The Kier molecular flexibility index (Phi) is 4.48. The first kappa shape index (κ1) is 19.5. The second kappa shape index (κ2) is 7.35. The molecule has 4 N–H and O–H groups in total. The van der Waals surface area contributed by atoms with Crippen molar-refractivity contribution in [3.63, 3.8) is 0 Å². The fraction of sp³-hybridized carbons (Fsp3) is 0.0833. The number of nitrogen functional groups attached to an aromatic ring is 1. The van der Waals surface area contributed by atoms with Crippen LogP contribution in [0.15, 0.2) is 70.3 Å². The van der Waals surface area contributed by atoms with E-state index < -0.39 is 5.56 Å². The normalized spacial score (nSPS) is 11.2. The Morgan fingerprint density at radius 3 is 2.41 bits per heavy atom. The number of hydrogen-bond acceptors (Lipinski definition) is 5. The first-order valence-corrected chi connectivity index (χ1v) is 9.94. The van der Waals surface area contributed by atoms with Gasteiger partial charge in [0.15, 0.2) is 5.43 Å². The standard InChI is InChI=1S/C24H20N4O4/c1-13-10-15(32-14-6-4-3-5-7-14)8-9-18(13)28-23(25)21-22(27-28)20-17(26-24(21)30)11-16(31-2)12-19(20)29/h3-12,27H,25H2,1-2H3,(H,26,30). The number of anilines is 1. The van der Waals surface area contributed by atoms with Crippen molar-refractivity contribution >= 4 is 27.6 Å². The minimum Gasteiger partial charge on any atom is -0.497 e. The van der Waals surface area contributed by atoms with Crippen molar-refractivity contribution in [2.45, 2.75) is 6.92 Å². The number of rotatable bonds is 4. The number of aryl methyl sites for hydroxylation is 1. The van der Waals surface area contributed by atoms with Crippen LogP contribution in [0.2, 0.25) is 0 Å². The highest BCUT2D eigenvalue weighted by Crippen LogP contribution is 2.30. The van der Waals surface area contributed by atoms with Crippen molar-refractivity contribution in [2.75, 3.05) is 12.8 Å². The van der Waals surface area contributed by atoms with Crippen LogP contribution in [0.3, 0.4) is 0 Å². The van der Waals surface area contributed by atoms with E-state index in [0.29, 0.717) is 27.9 Å². The SMILES string of the molecule is COc1cc(=O)c2c(c1)[nH]c(=O)c1c(N)n(-c3ccc(Oc4ccccc4)cc3C)[nH]c12. The van der Waals surface area contributed by atoms with Gasteiger partial charge in [-0.1, -0.05) is 18.2 Å². The number of pyridine rings is 1. The summed E-state index contributed by atoms with van der Waals surface area (Å²) >= 11 is 0. The van der Waals surface area contributed by atoms with Gasteiger partial charge in [0.1, 0.15) is 28.5 Å². The number of para-hydroxylation sites is 1. The van der Waals surface area contributed by atoms with E-state index in [1.54, 1.807) is 10.7 Å². The number of nitrogens with two attached hydrogens (primary N) is 1. The molecule has 0 amide bonds. The van der Waals surface area contributed by atoms with Gasteiger partial charge in [0.2, 0.25) is 0 Å². The number of H-pyrrole nitrogens is 2. The highest BCUT2D eigenvalue weighted by atomic mass is 16.5. The molecule has 32 heavy (non-hydrogen) atoms. The van der Waals surface area contributed by atoms with Crippen LogP contribution in [0.4, 0.5) is 5.82 Å². The maximum atomic E-state index is 12.8. The summed E-state index contributed by atoms with van der Waals surface area (Å²) in [5.41, 5.74) is 8.03. The Balaban J connectivity index is 1.67. The molecule has 0 saturated carbocycles. The Morgan fingerprint density at radius 2 is 1.69 bits per heavy atom. The van der Waals surface area contributed by atoms with Crippen LogP contribution < -0.4 is 26.2 Å². The summed E-state index contributed by atoms with van der Waals surface area (Å²) in [7, 11) is 1.46. The van der Waals surface area contributed by atoms with Crippen LogP contribution in [-0.4, -0.2) is 21.9 Å². The molecule has 8 heteroatoms. The van der Waals surface area contributed by atoms with Crippen LogP contribution in [0, 0.1) is 6.92 Å². The average Bonchev–Trinajstić information content (AvgIpc) is 3.11. The number of aromatic nitrogens is 3. The second-order valence-corrected chi connectivity index (χ2v) is 7.45. The molecular weight excluding hydrogens is 408 g/mol. The lowest BCUT2D eigenvalue weighted by atomic mass is 10.1. The molecule has 3 aromatic carbocycles. The smallest absolute Gasteiger partial charge is 0.261 e. The zero-order valence-corrected chi connectivity index (χ0v) is 17.4. The summed E-state index contributed by atoms with van der Waals surface area (Å²) in [6.07, 6.45) is 0. The third-order valence-electron chi connectivity index (χ3n) is 5.40. The van der Waals surface area contributed by atoms with E-state index in [9.17, 15) is 9.59 Å². The summed E-state index contributed by atoms with van der Waals surface area (Å²) in [5.74, 6) is 1.98. The average molecular weight is 428 g/mol. The Bertz CT molecular complexity index is 1600. The van der Waals surface area contributed by atoms with Crippen LogP contribution >= 0.6 is 0 Å². The number of nitrogens with zero attached hydrogens (tertiary/aromatic N) is 1. The van der Waals surface area contributed by atoms with Crippen molar-refractivity contribution < 1.29 is 9.47 Å². The first-order valence-electron chi connectivity index (χ1n) is 9.94. The molecule has 0 aliphatic heterocycles. The molecule has 0 unspecified atom stereocenters. The molecular formula is C24H20N4O4. The summed E-state index contributed by atoms with van der Waals surface area (Å²) in [4.78, 5) is 28.3. The Hall–Kier alpha value is -4.46. The number of nitrogens with one attached hydrogen (secondary N) is 2. The number of fused-ring (bicyclic) bond motifs is 3. The van der Waals surface area contributed by atoms with Gasteiger partial charge in [-0.3, -0.25) is 14.7 Å². The zero-order valence-electron chi connectivity index (χ0n) is 17.4. The molecule has 5 aromatic rings. The van der Waals surface area contributed by atoms with Crippen molar-refractivity contribution in [1.82, 2.24) is 14.8 Å². The van der Waals surface area contributed by atoms with Gasteiger partial charge in [-0.15, -0.1) is 0 Å². The van der Waals surface area contributed by atoms with Crippen molar-refractivity contribution in [3.05, 3.63) is 86.8 Å². The quantitative estimate of drug-likeness (QED) is 0.402. The van der Waals surface area contributed by atoms with Gasteiger partial charge in [-0.2, -0.15) is 0 Å². The monoisotopic (exact) mass is 428 g/mol. The number of methoxy groups -OCH3 is 1. The van der Waals surface area contributed by atoms with Crippen LogP contribution in [0.1, 0.15) is 5.56 Å². The van der Waals surface area contributed by atoms with Gasteiger partial charge in [0.25, 0.3) is 5.56 Å². The summed E-state index contributed by atoms with van der Waals surface area (Å²) in [6.45, 7) is 1.91. The third-order valence-corrected chi connectivity index (χ3v) is 5.40. The molecule has 5 rings (SSSR count). The molecule has 2 aromatic heterocycles. The highest BCUT2D eigenvalue weighted by Gasteiger charge is 2.18. The van der Waals surface area contributed by atoms with E-state index in [2.05, 4.69) is 10.1 Å². The van der Waals surface area contributed by atoms with Crippen LogP contribution in [0.5, 0.6) is 17.2 Å². The number of aromatic amines is 2. The zero-order chi connectivity index (χ0) is 22.4. The molecule has 8 nitrogen and oxygen atoms in total.